The van der Waals surface area contributed by atoms with Crippen LogP contribution < -0.4 is 10.2 Å². The third kappa shape index (κ3) is 3.53. The molecule has 10 nitrogen and oxygen atoms in total. The van der Waals surface area contributed by atoms with Gasteiger partial charge in [-0.15, -0.1) is 0 Å². The summed E-state index contributed by atoms with van der Waals surface area (Å²) in [5, 5.41) is 48.1. The number of carboxylic acid groups (broad SMARTS) is 1. The van der Waals surface area contributed by atoms with Gasteiger partial charge < -0.3 is 39.4 Å². The first-order valence-corrected chi connectivity index (χ1v) is 8.02. The van der Waals surface area contributed by atoms with E-state index < -0.39 is 48.7 Å². The van der Waals surface area contributed by atoms with Crippen LogP contribution in [0, 0.1) is 6.92 Å². The van der Waals surface area contributed by atoms with Gasteiger partial charge in [-0.2, -0.15) is 0 Å². The zero-order chi connectivity index (χ0) is 19.9. The lowest BCUT2D eigenvalue weighted by molar-refractivity contribution is -0.277. The van der Waals surface area contributed by atoms with Crippen LogP contribution in [0.4, 0.5) is 0 Å². The Labute approximate surface area is 151 Å². The normalized spacial score (nSPS) is 28.3. The lowest BCUT2D eigenvalue weighted by Gasteiger charge is -2.39. The summed E-state index contributed by atoms with van der Waals surface area (Å²) in [6.07, 6.45) is -7.57. The Morgan fingerprint density at radius 3 is 2.48 bits per heavy atom. The summed E-state index contributed by atoms with van der Waals surface area (Å²) < 4.78 is 16.0. The Morgan fingerprint density at radius 2 is 1.85 bits per heavy atom. The van der Waals surface area contributed by atoms with Crippen molar-refractivity contribution in [2.75, 3.05) is 6.61 Å². The molecule has 0 spiro atoms. The number of carboxylic acids is 1. The number of benzene rings is 1. The van der Waals surface area contributed by atoms with E-state index in [4.69, 9.17) is 13.9 Å². The van der Waals surface area contributed by atoms with Gasteiger partial charge >= 0.3 is 5.97 Å². The molecule has 0 amide bonds. The maximum atomic E-state index is 12.1. The van der Waals surface area contributed by atoms with Gasteiger partial charge in [-0.25, -0.2) is 4.79 Å². The van der Waals surface area contributed by atoms with Crippen molar-refractivity contribution in [2.24, 2.45) is 0 Å². The van der Waals surface area contributed by atoms with Gasteiger partial charge in [-0.3, -0.25) is 4.79 Å². The number of aliphatic hydroxyl groups excluding tert-OH is 4. The highest BCUT2D eigenvalue weighted by molar-refractivity contribution is 6.02. The minimum absolute atomic E-state index is 0.0421. The number of fused-ring (bicyclic) bond motifs is 1. The second-order valence-corrected chi connectivity index (χ2v) is 6.19. The van der Waals surface area contributed by atoms with Crippen LogP contribution in [-0.2, 0) is 4.74 Å². The molecular formula is C17H18O10. The van der Waals surface area contributed by atoms with Gasteiger partial charge in [-0.05, 0) is 13.0 Å². The molecule has 1 fully saturated rings. The minimum atomic E-state index is -1.67. The number of ether oxygens (including phenoxy) is 2. The molecule has 2 aromatic rings. The molecule has 0 aliphatic carbocycles. The van der Waals surface area contributed by atoms with Gasteiger partial charge in [0, 0.05) is 12.1 Å². The highest BCUT2D eigenvalue weighted by Gasteiger charge is 2.44. The van der Waals surface area contributed by atoms with Gasteiger partial charge in [0.2, 0.25) is 6.29 Å². The van der Waals surface area contributed by atoms with Crippen LogP contribution in [0.25, 0.3) is 11.0 Å². The summed E-state index contributed by atoms with van der Waals surface area (Å²) in [7, 11) is 0. The highest BCUT2D eigenvalue weighted by Crippen LogP contribution is 2.28. The van der Waals surface area contributed by atoms with Gasteiger partial charge in [0.05, 0.1) is 17.6 Å². The Morgan fingerprint density at radius 1 is 1.15 bits per heavy atom. The van der Waals surface area contributed by atoms with Crippen LogP contribution in [0.15, 0.2) is 27.4 Å². The predicted octanol–water partition coefficient (Wildman–Crippen LogP) is -1.02. The number of aliphatic hydroxyl groups is 4. The largest absolute Gasteiger partial charge is 0.478 e. The van der Waals surface area contributed by atoms with Crippen molar-refractivity contribution in [3.05, 3.63) is 39.7 Å². The van der Waals surface area contributed by atoms with Gasteiger partial charge in [0.25, 0.3) is 0 Å². The minimum Gasteiger partial charge on any atom is -0.478 e. The second-order valence-electron chi connectivity index (χ2n) is 6.19. The molecule has 2 heterocycles. The number of aromatic carboxylic acids is 1. The fraction of sp³-hybridized carbons (Fsp3) is 0.412. The monoisotopic (exact) mass is 382 g/mol. The predicted molar refractivity (Wildman–Crippen MR) is 88.6 cm³/mol. The molecule has 0 bridgehead atoms. The first kappa shape index (κ1) is 19.3. The quantitative estimate of drug-likeness (QED) is 0.441. The van der Waals surface area contributed by atoms with Crippen molar-refractivity contribution in [1.82, 2.24) is 0 Å². The molecule has 0 unspecified atom stereocenters. The van der Waals surface area contributed by atoms with Crippen molar-refractivity contribution in [3.63, 3.8) is 0 Å². The SMILES string of the molecule is Cc1cc(=O)c2c(C(=O)O)cc(O[C@H]3O[C@@H](CO)[C@@H](O)[C@H](O)[C@@H]3O)cc2o1. The highest BCUT2D eigenvalue weighted by atomic mass is 16.7. The molecule has 5 atom stereocenters. The van der Waals surface area contributed by atoms with Crippen LogP contribution >= 0.6 is 0 Å². The zero-order valence-electron chi connectivity index (χ0n) is 14.1. The Bertz CT molecular complexity index is 918. The number of hydrogen-bond acceptors (Lipinski definition) is 9. The standard InChI is InChI=1S/C17H18O10/c1-6-2-9(19)12-8(16(23)24)3-7(4-10(12)25-6)26-17-15(22)14(21)13(20)11(5-18)27-17/h2-4,11,13-15,17-18,20-22H,5H2,1H3,(H,23,24)/t11-,13+,14-,15-,17-/m0/s1. The third-order valence-electron chi connectivity index (χ3n) is 4.26. The Balaban J connectivity index is 2.02. The van der Waals surface area contributed by atoms with E-state index in [9.17, 15) is 35.1 Å². The average Bonchev–Trinajstić information content (AvgIpc) is 2.61. The third-order valence-corrected chi connectivity index (χ3v) is 4.26. The van der Waals surface area contributed by atoms with Gasteiger partial charge in [-0.1, -0.05) is 0 Å². The average molecular weight is 382 g/mol. The van der Waals surface area contributed by atoms with Crippen molar-refractivity contribution < 1.29 is 44.2 Å². The van der Waals surface area contributed by atoms with E-state index in [-0.39, 0.29) is 28.0 Å². The summed E-state index contributed by atoms with van der Waals surface area (Å²) in [4.78, 5) is 23.7. The van der Waals surface area contributed by atoms with Gasteiger partial charge in [0.1, 0.15) is 41.5 Å². The number of carbonyl (C=O) groups is 1. The molecule has 146 valence electrons. The van der Waals surface area contributed by atoms with Crippen LogP contribution in [0.5, 0.6) is 5.75 Å². The number of hydrogen-bond donors (Lipinski definition) is 5. The summed E-state index contributed by atoms with van der Waals surface area (Å²) in [5.41, 5.74) is -0.953. The Kier molecular flexibility index (Phi) is 5.18. The van der Waals surface area contributed by atoms with Crippen LogP contribution in [0.3, 0.4) is 0 Å². The van der Waals surface area contributed by atoms with Crippen molar-refractivity contribution >= 4 is 16.9 Å². The number of rotatable bonds is 4. The van der Waals surface area contributed by atoms with Crippen molar-refractivity contribution in [3.8, 4) is 5.75 Å². The zero-order valence-corrected chi connectivity index (χ0v) is 14.1. The molecule has 3 rings (SSSR count). The van der Waals surface area contributed by atoms with E-state index in [0.29, 0.717) is 0 Å². The van der Waals surface area contributed by atoms with E-state index in [1.807, 2.05) is 0 Å². The number of aryl methyl sites for hydroxylation is 1. The topological polar surface area (TPSA) is 167 Å². The molecule has 1 saturated heterocycles. The van der Waals surface area contributed by atoms with E-state index in [1.54, 1.807) is 0 Å². The molecule has 27 heavy (non-hydrogen) atoms. The first-order chi connectivity index (χ1) is 12.7. The maximum Gasteiger partial charge on any atom is 0.336 e. The van der Waals surface area contributed by atoms with Crippen LogP contribution in [-0.4, -0.2) is 68.8 Å². The molecular weight excluding hydrogens is 364 g/mol. The Hall–Kier alpha value is -2.50. The van der Waals surface area contributed by atoms with Crippen molar-refractivity contribution in [2.45, 2.75) is 37.6 Å². The van der Waals surface area contributed by atoms with Gasteiger partial charge in [0.15, 0.2) is 5.43 Å². The summed E-state index contributed by atoms with van der Waals surface area (Å²) >= 11 is 0. The fourth-order valence-corrected chi connectivity index (χ4v) is 2.92. The molecule has 0 radical (unpaired) electrons. The van der Waals surface area contributed by atoms with E-state index in [1.165, 1.54) is 13.0 Å². The smallest absolute Gasteiger partial charge is 0.336 e. The molecule has 1 aliphatic heterocycles. The summed E-state index contributed by atoms with van der Waals surface area (Å²) in [6.45, 7) is 0.878. The van der Waals surface area contributed by atoms with E-state index >= 15 is 0 Å². The van der Waals surface area contributed by atoms with E-state index in [0.717, 1.165) is 12.1 Å². The summed E-state index contributed by atoms with van der Waals surface area (Å²) in [5.74, 6) is -1.25. The maximum absolute atomic E-state index is 12.1. The van der Waals surface area contributed by atoms with Crippen molar-refractivity contribution in [1.29, 1.82) is 0 Å². The fourth-order valence-electron chi connectivity index (χ4n) is 2.92. The molecule has 5 N–H and O–H groups in total. The molecule has 0 saturated carbocycles. The van der Waals surface area contributed by atoms with Crippen LogP contribution in [0.2, 0.25) is 0 Å². The molecule has 1 aromatic carbocycles. The molecule has 1 aliphatic rings. The van der Waals surface area contributed by atoms with E-state index in [2.05, 4.69) is 0 Å². The van der Waals surface area contributed by atoms with Crippen LogP contribution in [0.1, 0.15) is 16.1 Å². The summed E-state index contributed by atoms with van der Waals surface area (Å²) in [6, 6.07) is 3.46. The lowest BCUT2D eigenvalue weighted by atomic mass is 9.99. The molecule has 1 aromatic heterocycles. The second kappa shape index (κ2) is 7.25. The lowest BCUT2D eigenvalue weighted by Crippen LogP contribution is -2.60. The first-order valence-electron chi connectivity index (χ1n) is 8.02. The molecule has 10 heteroatoms.